The van der Waals surface area contributed by atoms with Crippen molar-refractivity contribution in [3.63, 3.8) is 0 Å². The smallest absolute Gasteiger partial charge is 0.322 e. The third-order valence-corrected chi connectivity index (χ3v) is 6.14. The lowest BCUT2D eigenvalue weighted by atomic mass is 10.2. The molecule has 1 aromatic heterocycles. The average molecular weight is 454 g/mol. The van der Waals surface area contributed by atoms with Crippen LogP contribution in [0.1, 0.15) is 30.7 Å². The fraction of sp³-hybridized carbons (Fsp3) is 0.280. The number of rotatable bonds is 9. The normalized spacial score (nSPS) is 11.6. The van der Waals surface area contributed by atoms with Crippen LogP contribution in [0.3, 0.4) is 0 Å². The van der Waals surface area contributed by atoms with Gasteiger partial charge in [-0.25, -0.2) is 9.18 Å². The quantitative estimate of drug-likeness (QED) is 0.449. The summed E-state index contributed by atoms with van der Waals surface area (Å²) in [5, 5.41) is 4.85. The van der Waals surface area contributed by atoms with Gasteiger partial charge in [-0.1, -0.05) is 43.3 Å². The molecule has 0 saturated carbocycles. The Morgan fingerprint density at radius 3 is 2.34 bits per heavy atom. The maximum Gasteiger partial charge on any atom is 0.322 e. The van der Waals surface area contributed by atoms with E-state index in [9.17, 15) is 14.0 Å². The standard InChI is InChI=1S/C25H28FN3O2S/c1-3-19(2)29(25(31)27-22-8-5-4-6-9-22)18-24(30)28(17-23-10-7-15-32-23)16-20-11-13-21(26)14-12-20/h4-15,19H,3,16-18H2,1-2H3,(H,27,31). The minimum Gasteiger partial charge on any atom is -0.332 e. The topological polar surface area (TPSA) is 52.7 Å². The van der Waals surface area contributed by atoms with Gasteiger partial charge in [-0.15, -0.1) is 11.3 Å². The number of thiophene rings is 1. The van der Waals surface area contributed by atoms with Crippen LogP contribution in [0.5, 0.6) is 0 Å². The second-order valence-corrected chi connectivity index (χ2v) is 8.67. The van der Waals surface area contributed by atoms with E-state index in [0.29, 0.717) is 18.8 Å². The second kappa shape index (κ2) is 11.4. The third kappa shape index (κ3) is 6.65. The van der Waals surface area contributed by atoms with Crippen molar-refractivity contribution in [3.05, 3.63) is 88.4 Å². The van der Waals surface area contributed by atoms with Crippen molar-refractivity contribution in [2.75, 3.05) is 11.9 Å². The van der Waals surface area contributed by atoms with Crippen LogP contribution in [0.25, 0.3) is 0 Å². The summed E-state index contributed by atoms with van der Waals surface area (Å²) in [5.41, 5.74) is 1.51. The molecule has 5 nitrogen and oxygen atoms in total. The average Bonchev–Trinajstić information content (AvgIpc) is 3.31. The summed E-state index contributed by atoms with van der Waals surface area (Å²) >= 11 is 1.57. The lowest BCUT2D eigenvalue weighted by Crippen LogP contribution is -2.47. The molecule has 0 saturated heterocycles. The number of urea groups is 1. The number of carbonyl (C=O) groups is 2. The molecule has 3 aromatic rings. The van der Waals surface area contributed by atoms with Gasteiger partial charge in [0.1, 0.15) is 12.4 Å². The van der Waals surface area contributed by atoms with Crippen molar-refractivity contribution < 1.29 is 14.0 Å². The van der Waals surface area contributed by atoms with E-state index in [2.05, 4.69) is 5.32 Å². The highest BCUT2D eigenvalue weighted by molar-refractivity contribution is 7.09. The predicted octanol–water partition coefficient (Wildman–Crippen LogP) is 5.75. The molecule has 3 amide bonds. The number of nitrogens with one attached hydrogen (secondary N) is 1. The number of nitrogens with zero attached hydrogens (tertiary/aromatic N) is 2. The highest BCUT2D eigenvalue weighted by atomic mass is 32.1. The maximum absolute atomic E-state index is 13.4. The van der Waals surface area contributed by atoms with Gasteiger partial charge in [-0.05, 0) is 54.6 Å². The Balaban J connectivity index is 1.76. The number of benzene rings is 2. The first-order valence-electron chi connectivity index (χ1n) is 10.6. The Morgan fingerprint density at radius 1 is 1.00 bits per heavy atom. The molecule has 1 N–H and O–H groups in total. The Kier molecular flexibility index (Phi) is 8.39. The maximum atomic E-state index is 13.4. The van der Waals surface area contributed by atoms with E-state index in [-0.39, 0.29) is 30.3 Å². The zero-order valence-corrected chi connectivity index (χ0v) is 19.1. The van der Waals surface area contributed by atoms with E-state index < -0.39 is 0 Å². The number of carbonyl (C=O) groups excluding carboxylic acids is 2. The molecule has 0 aliphatic rings. The molecule has 3 rings (SSSR count). The summed E-state index contributed by atoms with van der Waals surface area (Å²) < 4.78 is 13.3. The molecule has 7 heteroatoms. The number of halogens is 1. The fourth-order valence-electron chi connectivity index (χ4n) is 3.24. The van der Waals surface area contributed by atoms with Crippen LogP contribution in [0, 0.1) is 5.82 Å². The summed E-state index contributed by atoms with van der Waals surface area (Å²) in [7, 11) is 0. The molecule has 1 atom stereocenters. The number of anilines is 1. The van der Waals surface area contributed by atoms with E-state index in [1.165, 1.54) is 12.1 Å². The van der Waals surface area contributed by atoms with Crippen LogP contribution in [-0.4, -0.2) is 34.3 Å². The van der Waals surface area contributed by atoms with Crippen LogP contribution in [0.2, 0.25) is 0 Å². The molecule has 32 heavy (non-hydrogen) atoms. The first kappa shape index (κ1) is 23.5. The van der Waals surface area contributed by atoms with Gasteiger partial charge in [0.25, 0.3) is 0 Å². The van der Waals surface area contributed by atoms with E-state index in [0.717, 1.165) is 16.9 Å². The first-order chi connectivity index (χ1) is 15.5. The molecule has 0 aliphatic heterocycles. The number of para-hydroxylation sites is 1. The molecule has 0 fully saturated rings. The summed E-state index contributed by atoms with van der Waals surface area (Å²) in [6, 6.07) is 18.8. The second-order valence-electron chi connectivity index (χ2n) is 7.64. The van der Waals surface area contributed by atoms with Crippen molar-refractivity contribution in [3.8, 4) is 0 Å². The Labute approximate surface area is 192 Å². The predicted molar refractivity (Wildman–Crippen MR) is 127 cm³/mol. The van der Waals surface area contributed by atoms with Crippen molar-refractivity contribution in [1.82, 2.24) is 9.80 Å². The molecule has 2 aromatic carbocycles. The fourth-order valence-corrected chi connectivity index (χ4v) is 3.96. The van der Waals surface area contributed by atoms with Gasteiger partial charge in [0.05, 0.1) is 6.54 Å². The van der Waals surface area contributed by atoms with Gasteiger partial charge >= 0.3 is 6.03 Å². The lowest BCUT2D eigenvalue weighted by Gasteiger charge is -2.31. The van der Waals surface area contributed by atoms with Crippen molar-refractivity contribution >= 4 is 29.0 Å². The number of hydrogen-bond acceptors (Lipinski definition) is 3. The highest BCUT2D eigenvalue weighted by Crippen LogP contribution is 2.17. The van der Waals surface area contributed by atoms with Gasteiger partial charge in [0.2, 0.25) is 5.91 Å². The summed E-state index contributed by atoms with van der Waals surface area (Å²) in [4.78, 5) is 30.7. The zero-order valence-electron chi connectivity index (χ0n) is 18.3. The van der Waals surface area contributed by atoms with Crippen LogP contribution in [0.4, 0.5) is 14.9 Å². The van der Waals surface area contributed by atoms with Crippen molar-refractivity contribution in [1.29, 1.82) is 0 Å². The van der Waals surface area contributed by atoms with Crippen LogP contribution in [0.15, 0.2) is 72.1 Å². The lowest BCUT2D eigenvalue weighted by molar-refractivity contribution is -0.133. The molecular weight excluding hydrogens is 425 g/mol. The van der Waals surface area contributed by atoms with Gasteiger partial charge in [-0.3, -0.25) is 4.79 Å². The Bertz CT molecular complexity index is 994. The number of hydrogen-bond donors (Lipinski definition) is 1. The van der Waals surface area contributed by atoms with Crippen molar-refractivity contribution in [2.45, 2.75) is 39.4 Å². The van der Waals surface area contributed by atoms with Crippen LogP contribution >= 0.6 is 11.3 Å². The Hall–Kier alpha value is -3.19. The van der Waals surface area contributed by atoms with Crippen molar-refractivity contribution in [2.24, 2.45) is 0 Å². The molecule has 168 valence electrons. The number of amides is 3. The van der Waals surface area contributed by atoms with Crippen LogP contribution in [-0.2, 0) is 17.9 Å². The van der Waals surface area contributed by atoms with E-state index in [1.807, 2.05) is 61.7 Å². The van der Waals surface area contributed by atoms with E-state index in [4.69, 9.17) is 0 Å². The Morgan fingerprint density at radius 2 is 1.72 bits per heavy atom. The largest absolute Gasteiger partial charge is 0.332 e. The van der Waals surface area contributed by atoms with E-state index in [1.54, 1.807) is 33.3 Å². The van der Waals surface area contributed by atoms with Crippen LogP contribution < -0.4 is 5.32 Å². The minimum absolute atomic E-state index is 0.0414. The molecule has 1 heterocycles. The molecule has 0 aliphatic carbocycles. The van der Waals surface area contributed by atoms with Gasteiger partial charge in [-0.2, -0.15) is 0 Å². The van der Waals surface area contributed by atoms with E-state index >= 15 is 0 Å². The molecule has 1 unspecified atom stereocenters. The minimum atomic E-state index is -0.314. The highest BCUT2D eigenvalue weighted by Gasteiger charge is 2.25. The molecule has 0 radical (unpaired) electrons. The molecule has 0 bridgehead atoms. The SMILES string of the molecule is CCC(C)N(CC(=O)N(Cc1ccc(F)cc1)Cc1cccs1)C(=O)Nc1ccccc1. The third-order valence-electron chi connectivity index (χ3n) is 5.28. The summed E-state index contributed by atoms with van der Waals surface area (Å²) in [6.07, 6.45) is 0.721. The summed E-state index contributed by atoms with van der Waals surface area (Å²) in [6.45, 7) is 4.65. The monoisotopic (exact) mass is 453 g/mol. The van der Waals surface area contributed by atoms with Gasteiger partial charge in [0, 0.05) is 23.2 Å². The molecular formula is C25H28FN3O2S. The van der Waals surface area contributed by atoms with Gasteiger partial charge in [0.15, 0.2) is 0 Å². The first-order valence-corrected chi connectivity index (χ1v) is 11.5. The van der Waals surface area contributed by atoms with Gasteiger partial charge < -0.3 is 15.1 Å². The summed E-state index contributed by atoms with van der Waals surface area (Å²) in [5.74, 6) is -0.475. The molecule has 0 spiro atoms. The zero-order chi connectivity index (χ0) is 22.9.